The highest BCUT2D eigenvalue weighted by atomic mass is 16.6. The van der Waals surface area contributed by atoms with E-state index in [-0.39, 0.29) is 50.1 Å². The molecule has 0 aliphatic rings. The van der Waals surface area contributed by atoms with Crippen LogP contribution in [-0.4, -0.2) is 62.8 Å². The Bertz CT molecular complexity index is 808. The maximum atomic E-state index is 12.4. The standard InChI is InChI=1S/C38H67NO6/c1-6-10-11-12-13-14-15-16-17-18-19-20-21-22-23-27-36(40)43-31-35(33-45-38(42)29-30-39(5)9-4)32-44-37(41)28-24-26-34(8-3)25-7-2/h7,13-14,16-17,34-35H,2,6,8-12,15,18-33H2,1,3-5H3/b14-13-,17-16-. The quantitative estimate of drug-likeness (QED) is 0.0326. The van der Waals surface area contributed by atoms with Crippen LogP contribution in [0.2, 0.25) is 0 Å². The number of esters is 3. The van der Waals surface area contributed by atoms with Gasteiger partial charge in [-0.3, -0.25) is 14.4 Å². The summed E-state index contributed by atoms with van der Waals surface area (Å²) in [7, 11) is 1.95. The molecule has 0 aliphatic heterocycles. The molecule has 0 bridgehead atoms. The van der Waals surface area contributed by atoms with Crippen LogP contribution in [0.1, 0.15) is 136 Å². The topological polar surface area (TPSA) is 82.1 Å². The monoisotopic (exact) mass is 633 g/mol. The van der Waals surface area contributed by atoms with E-state index in [0.29, 0.717) is 25.3 Å². The van der Waals surface area contributed by atoms with E-state index in [9.17, 15) is 14.4 Å². The third-order valence-electron chi connectivity index (χ3n) is 8.08. The lowest BCUT2D eigenvalue weighted by Gasteiger charge is -2.18. The number of carbonyl (C=O) groups excluding carboxylic acids is 3. The normalized spacial score (nSPS) is 12.9. The highest BCUT2D eigenvalue weighted by Crippen LogP contribution is 2.17. The molecule has 0 saturated heterocycles. The smallest absolute Gasteiger partial charge is 0.307 e. The van der Waals surface area contributed by atoms with Gasteiger partial charge in [-0.1, -0.05) is 89.7 Å². The molecule has 7 heteroatoms. The number of unbranched alkanes of at least 4 members (excludes halogenated alkanes) is 8. The molecule has 2 unspecified atom stereocenters. The zero-order valence-corrected chi connectivity index (χ0v) is 29.4. The molecule has 0 N–H and O–H groups in total. The lowest BCUT2D eigenvalue weighted by Crippen LogP contribution is -2.27. The molecule has 0 aromatic rings. The molecular formula is C38H67NO6. The number of carbonyl (C=O) groups is 3. The Morgan fingerprint density at radius 1 is 0.667 bits per heavy atom. The number of nitrogens with zero attached hydrogens (tertiary/aromatic N) is 1. The molecule has 0 radical (unpaired) electrons. The molecule has 0 rings (SSSR count). The van der Waals surface area contributed by atoms with Gasteiger partial charge < -0.3 is 19.1 Å². The molecule has 0 aliphatic carbocycles. The molecule has 0 saturated carbocycles. The number of allylic oxidation sites excluding steroid dienone is 5. The molecule has 45 heavy (non-hydrogen) atoms. The van der Waals surface area contributed by atoms with Crippen molar-refractivity contribution in [1.29, 1.82) is 0 Å². The first-order valence-electron chi connectivity index (χ1n) is 17.9. The highest BCUT2D eigenvalue weighted by Gasteiger charge is 2.18. The molecule has 7 nitrogen and oxygen atoms in total. The third kappa shape index (κ3) is 28.8. The zero-order valence-electron chi connectivity index (χ0n) is 29.4. The molecular weight excluding hydrogens is 566 g/mol. The first-order valence-corrected chi connectivity index (χ1v) is 17.9. The van der Waals surface area contributed by atoms with Gasteiger partial charge in [-0.2, -0.15) is 0 Å². The van der Waals surface area contributed by atoms with Crippen molar-refractivity contribution in [3.8, 4) is 0 Å². The van der Waals surface area contributed by atoms with Gasteiger partial charge in [-0.25, -0.2) is 0 Å². The van der Waals surface area contributed by atoms with Crippen LogP contribution in [0, 0.1) is 11.8 Å². The molecule has 0 spiro atoms. The fraction of sp³-hybridized carbons (Fsp3) is 0.763. The molecule has 0 aromatic heterocycles. The summed E-state index contributed by atoms with van der Waals surface area (Å²) >= 11 is 0. The van der Waals surface area contributed by atoms with E-state index in [4.69, 9.17) is 14.2 Å². The first kappa shape index (κ1) is 42.6. The summed E-state index contributed by atoms with van der Waals surface area (Å²) in [5.74, 6) is -0.704. The molecule has 0 fully saturated rings. The van der Waals surface area contributed by atoms with Gasteiger partial charge in [0, 0.05) is 19.4 Å². The van der Waals surface area contributed by atoms with Gasteiger partial charge in [0.15, 0.2) is 0 Å². The Kier molecular flexibility index (Phi) is 29.9. The predicted octanol–water partition coefficient (Wildman–Crippen LogP) is 9.16. The Morgan fingerprint density at radius 3 is 1.76 bits per heavy atom. The summed E-state index contributed by atoms with van der Waals surface area (Å²) in [6, 6.07) is 0. The summed E-state index contributed by atoms with van der Waals surface area (Å²) in [4.78, 5) is 39.0. The Morgan fingerprint density at radius 2 is 1.20 bits per heavy atom. The van der Waals surface area contributed by atoms with Crippen molar-refractivity contribution in [2.45, 2.75) is 136 Å². The number of rotatable bonds is 31. The SMILES string of the molecule is C=CCC(CC)CCCC(=O)OCC(COC(=O)CCCCCCC/C=C\C/C=C\CCCCC)COC(=O)CCN(C)CC. The van der Waals surface area contributed by atoms with Gasteiger partial charge >= 0.3 is 17.9 Å². The zero-order chi connectivity index (χ0) is 33.4. The van der Waals surface area contributed by atoms with Crippen LogP contribution in [0.4, 0.5) is 0 Å². The second-order valence-corrected chi connectivity index (χ2v) is 12.2. The van der Waals surface area contributed by atoms with Crippen LogP contribution in [-0.2, 0) is 28.6 Å². The van der Waals surface area contributed by atoms with Gasteiger partial charge in [0.2, 0.25) is 0 Å². The van der Waals surface area contributed by atoms with E-state index < -0.39 is 0 Å². The second-order valence-electron chi connectivity index (χ2n) is 12.2. The Hall–Kier alpha value is -2.41. The number of hydrogen-bond acceptors (Lipinski definition) is 7. The van der Waals surface area contributed by atoms with Gasteiger partial charge in [0.25, 0.3) is 0 Å². The summed E-state index contributed by atoms with van der Waals surface area (Å²) < 4.78 is 16.4. The lowest BCUT2D eigenvalue weighted by molar-refractivity contribution is -0.153. The average molecular weight is 634 g/mol. The van der Waals surface area contributed by atoms with Crippen molar-refractivity contribution < 1.29 is 28.6 Å². The minimum absolute atomic E-state index is 0.0518. The van der Waals surface area contributed by atoms with Crippen LogP contribution in [0.5, 0.6) is 0 Å². The van der Waals surface area contributed by atoms with Gasteiger partial charge in [-0.15, -0.1) is 6.58 Å². The van der Waals surface area contributed by atoms with Crippen LogP contribution in [0.3, 0.4) is 0 Å². The fourth-order valence-electron chi connectivity index (χ4n) is 4.77. The molecule has 2 atom stereocenters. The largest absolute Gasteiger partial charge is 0.465 e. The van der Waals surface area contributed by atoms with E-state index in [1.54, 1.807) is 0 Å². The van der Waals surface area contributed by atoms with E-state index in [1.807, 2.05) is 24.9 Å². The molecule has 0 heterocycles. The maximum Gasteiger partial charge on any atom is 0.307 e. The molecule has 0 aromatic carbocycles. The van der Waals surface area contributed by atoms with Crippen LogP contribution >= 0.6 is 0 Å². The molecule has 0 amide bonds. The van der Waals surface area contributed by atoms with Crippen molar-refractivity contribution in [3.05, 3.63) is 37.0 Å². The average Bonchev–Trinajstić information content (AvgIpc) is 3.04. The van der Waals surface area contributed by atoms with Crippen molar-refractivity contribution in [1.82, 2.24) is 4.90 Å². The van der Waals surface area contributed by atoms with Crippen LogP contribution < -0.4 is 0 Å². The highest BCUT2D eigenvalue weighted by molar-refractivity contribution is 5.70. The summed E-state index contributed by atoms with van der Waals surface area (Å²) in [5.41, 5.74) is 0. The second kappa shape index (κ2) is 31.6. The predicted molar refractivity (Wildman–Crippen MR) is 186 cm³/mol. The van der Waals surface area contributed by atoms with Crippen molar-refractivity contribution in [2.75, 3.05) is 40.0 Å². The van der Waals surface area contributed by atoms with Gasteiger partial charge in [0.05, 0.1) is 12.3 Å². The Labute approximate surface area is 276 Å². The summed E-state index contributed by atoms with van der Waals surface area (Å²) in [6.07, 6.45) is 28.1. The fourth-order valence-corrected chi connectivity index (χ4v) is 4.77. The first-order chi connectivity index (χ1) is 21.9. The number of ether oxygens (including phenoxy) is 3. The van der Waals surface area contributed by atoms with Crippen molar-refractivity contribution in [3.63, 3.8) is 0 Å². The molecule has 260 valence electrons. The van der Waals surface area contributed by atoms with E-state index >= 15 is 0 Å². The summed E-state index contributed by atoms with van der Waals surface area (Å²) in [5, 5.41) is 0. The third-order valence-corrected chi connectivity index (χ3v) is 8.08. The Balaban J connectivity index is 4.33. The maximum absolute atomic E-state index is 12.4. The van der Waals surface area contributed by atoms with Crippen LogP contribution in [0.25, 0.3) is 0 Å². The number of hydrogen-bond donors (Lipinski definition) is 0. The van der Waals surface area contributed by atoms with E-state index in [1.165, 1.54) is 32.1 Å². The minimum atomic E-state index is -0.389. The summed E-state index contributed by atoms with van der Waals surface area (Å²) in [6.45, 7) is 11.8. The van der Waals surface area contributed by atoms with Gasteiger partial charge in [0.1, 0.15) is 19.8 Å². The van der Waals surface area contributed by atoms with E-state index in [2.05, 4.69) is 44.7 Å². The van der Waals surface area contributed by atoms with Crippen molar-refractivity contribution in [2.24, 2.45) is 11.8 Å². The minimum Gasteiger partial charge on any atom is -0.465 e. The van der Waals surface area contributed by atoms with Crippen molar-refractivity contribution >= 4 is 17.9 Å². The van der Waals surface area contributed by atoms with Crippen LogP contribution in [0.15, 0.2) is 37.0 Å². The van der Waals surface area contributed by atoms with Gasteiger partial charge in [-0.05, 0) is 77.3 Å². The lowest BCUT2D eigenvalue weighted by atomic mass is 9.96. The van der Waals surface area contributed by atoms with E-state index in [0.717, 1.165) is 70.8 Å².